The summed E-state index contributed by atoms with van der Waals surface area (Å²) in [6, 6.07) is 0.185. The van der Waals surface area contributed by atoms with Crippen molar-refractivity contribution in [3.8, 4) is 0 Å². The molecule has 3 aliphatic rings. The lowest BCUT2D eigenvalue weighted by Gasteiger charge is -2.49. The number of alkyl carbamates (subject to hydrolysis) is 5. The summed E-state index contributed by atoms with van der Waals surface area (Å²) in [5.74, 6) is -1.07. The van der Waals surface area contributed by atoms with E-state index in [1.807, 2.05) is 0 Å². The van der Waals surface area contributed by atoms with Gasteiger partial charge in [-0.05, 0) is 167 Å². The normalized spacial score (nSPS) is 25.9. The van der Waals surface area contributed by atoms with Gasteiger partial charge in [0.05, 0.1) is 35.8 Å². The van der Waals surface area contributed by atoms with Gasteiger partial charge in [-0.25, -0.2) is 28.8 Å². The molecule has 1 aliphatic carbocycles. The van der Waals surface area contributed by atoms with Crippen LogP contribution in [0.15, 0.2) is 36.4 Å². The van der Waals surface area contributed by atoms with Gasteiger partial charge in [0.1, 0.15) is 77.3 Å². The molecule has 14 atom stereocenters. The van der Waals surface area contributed by atoms with Gasteiger partial charge >= 0.3 is 36.4 Å². The SMILES string of the molecule is CCCCCCCC/C=C/CCCCCCCC(=O)Nc1ccc(C(=O)OC[C@H]2O[C@H](OC3[C@@H](O)[C@H](O[C@H]4O[C@H](CNC(=O)OC(C)(C)C)[C@@H](O)C[C@H]4NC(=O)OC(C)(C)C)[C@@H](NC(=O)OC(C)(C)C)C[C@H]3NC(=O)OC(C)(C)C)[C@H](O)[C@@H](NC(=O)OC(C)(C)C)[C@@H]2O)cc1. The second kappa shape index (κ2) is 37.6. The van der Waals surface area contributed by atoms with Gasteiger partial charge in [0, 0.05) is 25.1 Å². The summed E-state index contributed by atoms with van der Waals surface area (Å²) in [5, 5.41) is 64.3. The van der Waals surface area contributed by atoms with E-state index in [2.05, 4.69) is 51.0 Å². The number of benzene rings is 1. The number of amides is 6. The van der Waals surface area contributed by atoms with Gasteiger partial charge in [-0.1, -0.05) is 70.4 Å². The van der Waals surface area contributed by atoms with Crippen molar-refractivity contribution < 1.29 is 101 Å². The van der Waals surface area contributed by atoms with E-state index in [1.54, 1.807) is 104 Å². The Hall–Kier alpha value is -6.07. The number of esters is 1. The van der Waals surface area contributed by atoms with E-state index >= 15 is 0 Å². The van der Waals surface area contributed by atoms with Gasteiger partial charge in [-0.3, -0.25) is 4.79 Å². The van der Waals surface area contributed by atoms with Crippen LogP contribution in [0.25, 0.3) is 0 Å². The third-order valence-corrected chi connectivity index (χ3v) is 14.9. The molecule has 0 radical (unpaired) electrons. The third kappa shape index (κ3) is 31.3. The van der Waals surface area contributed by atoms with Crippen LogP contribution in [0.2, 0.25) is 0 Å². The third-order valence-electron chi connectivity index (χ3n) is 14.9. The average molecular weight is 1350 g/mol. The molecule has 1 aromatic rings. The molecule has 1 saturated carbocycles. The smallest absolute Gasteiger partial charge is 0.408 e. The Balaban J connectivity index is 1.62. The first kappa shape index (κ1) is 81.4. The quantitative estimate of drug-likeness (QED) is 0.0154. The molecule has 95 heavy (non-hydrogen) atoms. The number of ether oxygens (including phenoxy) is 10. The molecule has 27 heteroatoms. The van der Waals surface area contributed by atoms with Crippen molar-refractivity contribution >= 4 is 48.0 Å². The summed E-state index contributed by atoms with van der Waals surface area (Å²) in [5.41, 5.74) is -4.61. The Morgan fingerprint density at radius 2 is 0.926 bits per heavy atom. The first-order valence-corrected chi connectivity index (χ1v) is 33.7. The highest BCUT2D eigenvalue weighted by atomic mass is 16.7. The minimum atomic E-state index is -2.05. The number of aliphatic hydroxyl groups is 4. The van der Waals surface area contributed by atoms with Crippen molar-refractivity contribution in [2.75, 3.05) is 18.5 Å². The standard InChI is InChI=1S/C68H114N6O21/c1-17-18-19-20-21-22-23-24-25-26-27-28-29-30-31-32-49(76)70-42-35-33-41(34-36-42)56(80)86-40-48-51(77)50(74-63(85)95-68(14,15)16)52(78)58(88-48)90-55-44(72-61(83)93-66(8,9)10)37-43(71-60(82)92-65(5,6)7)54(53(55)79)89-57-45(73-62(84)94-67(11,12)13)38-46(75)47(87-57)39-69-59(81)91-64(2,3)4/h24-25,33-36,43-48,50-55,57-58,75,77-79H,17-23,26-32,37-40H2,1-16H3,(H,69,81)(H,70,76)(H,71,82)(H,72,83)(H,73,84)(H,74,85)/b25-24+/t43-,44+,45+,46-,47+,48+,50-,51+,52+,53-,54+,55?,57+,58+/m0/s1. The van der Waals surface area contributed by atoms with Gasteiger partial charge in [-0.2, -0.15) is 0 Å². The number of allylic oxidation sites excluding steroid dienone is 2. The molecule has 2 saturated heterocycles. The van der Waals surface area contributed by atoms with Crippen LogP contribution in [0.1, 0.15) is 224 Å². The summed E-state index contributed by atoms with van der Waals surface area (Å²) in [7, 11) is 0. The van der Waals surface area contributed by atoms with Crippen LogP contribution in [-0.2, 0) is 52.2 Å². The second-order valence-corrected chi connectivity index (χ2v) is 29.7. The van der Waals surface area contributed by atoms with Crippen molar-refractivity contribution in [1.82, 2.24) is 26.6 Å². The van der Waals surface area contributed by atoms with Crippen LogP contribution in [0, 0.1) is 0 Å². The maximum Gasteiger partial charge on any atom is 0.408 e. The zero-order valence-electron chi connectivity index (χ0n) is 59.0. The van der Waals surface area contributed by atoms with Gasteiger partial charge < -0.3 is 99.7 Å². The first-order chi connectivity index (χ1) is 44.2. The molecular weight excluding hydrogens is 1240 g/mol. The summed E-state index contributed by atoms with van der Waals surface area (Å²) < 4.78 is 59.0. The summed E-state index contributed by atoms with van der Waals surface area (Å²) in [4.78, 5) is 93.9. The van der Waals surface area contributed by atoms with E-state index in [9.17, 15) is 54.0 Å². The van der Waals surface area contributed by atoms with Crippen molar-refractivity contribution in [3.05, 3.63) is 42.0 Å². The molecule has 542 valence electrons. The summed E-state index contributed by atoms with van der Waals surface area (Å²) >= 11 is 0. The number of carbonyl (C=O) groups is 7. The zero-order valence-corrected chi connectivity index (χ0v) is 59.0. The van der Waals surface area contributed by atoms with E-state index in [4.69, 9.17) is 47.4 Å². The second-order valence-electron chi connectivity index (χ2n) is 29.7. The minimum Gasteiger partial charge on any atom is -0.459 e. The van der Waals surface area contributed by atoms with E-state index in [1.165, 1.54) is 62.8 Å². The lowest BCUT2D eigenvalue weighted by atomic mass is 9.83. The number of rotatable bonds is 29. The lowest BCUT2D eigenvalue weighted by molar-refractivity contribution is -0.318. The van der Waals surface area contributed by atoms with Gasteiger partial charge in [0.15, 0.2) is 12.6 Å². The molecule has 0 spiro atoms. The molecule has 6 amide bonds. The molecule has 10 N–H and O–H groups in total. The van der Waals surface area contributed by atoms with Crippen LogP contribution in [0.4, 0.5) is 29.7 Å². The number of nitrogens with one attached hydrogen (secondary N) is 6. The molecule has 2 aliphatic heterocycles. The van der Waals surface area contributed by atoms with Crippen molar-refractivity contribution in [2.24, 2.45) is 0 Å². The highest BCUT2D eigenvalue weighted by Gasteiger charge is 2.54. The average Bonchev–Trinajstić information content (AvgIpc) is 0.773. The van der Waals surface area contributed by atoms with Crippen LogP contribution in [0.5, 0.6) is 0 Å². The predicted molar refractivity (Wildman–Crippen MR) is 352 cm³/mol. The minimum absolute atomic E-state index is 0.0504. The fourth-order valence-corrected chi connectivity index (χ4v) is 10.7. The first-order valence-electron chi connectivity index (χ1n) is 33.7. The van der Waals surface area contributed by atoms with E-state index in [0.29, 0.717) is 12.1 Å². The number of hydrogen-bond donors (Lipinski definition) is 10. The van der Waals surface area contributed by atoms with E-state index in [0.717, 1.165) is 44.9 Å². The highest BCUT2D eigenvalue weighted by Crippen LogP contribution is 2.34. The zero-order chi connectivity index (χ0) is 71.1. The summed E-state index contributed by atoms with van der Waals surface area (Å²) in [6.45, 7) is 25.4. The van der Waals surface area contributed by atoms with Crippen LogP contribution in [-0.4, -0.2) is 190 Å². The van der Waals surface area contributed by atoms with Crippen LogP contribution < -0.4 is 31.9 Å². The number of hydrogen-bond acceptors (Lipinski definition) is 21. The molecule has 1 aromatic carbocycles. The van der Waals surface area contributed by atoms with Gasteiger partial charge in [0.25, 0.3) is 0 Å². The molecule has 0 aromatic heterocycles. The Morgan fingerprint density at radius 3 is 1.42 bits per heavy atom. The number of aliphatic hydroxyl groups excluding tert-OH is 4. The largest absolute Gasteiger partial charge is 0.459 e. The Morgan fingerprint density at radius 1 is 0.495 bits per heavy atom. The highest BCUT2D eigenvalue weighted by molar-refractivity contribution is 5.93. The number of unbranched alkanes of at least 4 members (excludes halogenated alkanes) is 11. The van der Waals surface area contributed by atoms with Crippen LogP contribution >= 0.6 is 0 Å². The maximum atomic E-state index is 13.8. The fraction of sp³-hybridized carbons (Fsp3) is 0.779. The van der Waals surface area contributed by atoms with Gasteiger partial charge in [0.2, 0.25) is 5.91 Å². The number of anilines is 1. The Labute approximate surface area is 561 Å². The molecule has 1 unspecified atom stereocenters. The molecule has 3 fully saturated rings. The Kier molecular flexibility index (Phi) is 32.2. The van der Waals surface area contributed by atoms with E-state index in [-0.39, 0.29) is 30.9 Å². The molecule has 2 heterocycles. The monoisotopic (exact) mass is 1350 g/mol. The Bertz CT molecular complexity index is 2590. The molecule has 0 bridgehead atoms. The maximum absolute atomic E-state index is 13.8. The fourth-order valence-electron chi connectivity index (χ4n) is 10.7. The van der Waals surface area contributed by atoms with Crippen molar-refractivity contribution in [2.45, 2.75) is 327 Å². The van der Waals surface area contributed by atoms with Crippen molar-refractivity contribution in [1.29, 1.82) is 0 Å². The van der Waals surface area contributed by atoms with E-state index < -0.39 is 157 Å². The molecule has 27 nitrogen and oxygen atoms in total. The molecule has 4 rings (SSSR count). The van der Waals surface area contributed by atoms with Crippen molar-refractivity contribution in [3.63, 3.8) is 0 Å². The number of carbonyl (C=O) groups excluding carboxylic acids is 7. The summed E-state index contributed by atoms with van der Waals surface area (Å²) in [6.07, 6.45) is -3.15. The predicted octanol–water partition coefficient (Wildman–Crippen LogP) is 9.37. The lowest BCUT2D eigenvalue weighted by Crippen LogP contribution is -2.70. The van der Waals surface area contributed by atoms with Gasteiger partial charge in [-0.15, -0.1) is 0 Å². The molecular formula is C68H114N6O21. The van der Waals surface area contributed by atoms with Crippen LogP contribution in [0.3, 0.4) is 0 Å². The topological polar surface area (TPSA) is 365 Å².